The van der Waals surface area contributed by atoms with E-state index in [9.17, 15) is 9.59 Å². The minimum Gasteiger partial charge on any atom is -0.492 e. The molecule has 0 unspecified atom stereocenters. The number of rotatable bonds is 7. The number of nitrogens with one attached hydrogen (secondary N) is 2. The second-order valence-electron chi connectivity index (χ2n) is 5.18. The summed E-state index contributed by atoms with van der Waals surface area (Å²) in [6, 6.07) is 13.4. The molecule has 6 nitrogen and oxygen atoms in total. The van der Waals surface area contributed by atoms with E-state index in [0.29, 0.717) is 35.6 Å². The predicted octanol–water partition coefficient (Wildman–Crippen LogP) is 1.98. The van der Waals surface area contributed by atoms with Crippen LogP contribution in [0.2, 0.25) is 0 Å². The van der Waals surface area contributed by atoms with Crippen molar-refractivity contribution in [3.63, 3.8) is 0 Å². The summed E-state index contributed by atoms with van der Waals surface area (Å²) in [7, 11) is 0. The number of amides is 1. The third-order valence-electron chi connectivity index (χ3n) is 3.36. The van der Waals surface area contributed by atoms with Gasteiger partial charge in [-0.25, -0.2) is 0 Å². The monoisotopic (exact) mass is 325 g/mol. The molecule has 2 aromatic carbocycles. The molecule has 0 saturated carbocycles. The first-order valence-electron chi connectivity index (χ1n) is 7.44. The van der Waals surface area contributed by atoms with Crippen LogP contribution in [0.5, 0.6) is 5.75 Å². The molecule has 0 aliphatic carbocycles. The Hall–Kier alpha value is -3.15. The van der Waals surface area contributed by atoms with E-state index in [1.54, 1.807) is 48.5 Å². The average Bonchev–Trinajstić information content (AvgIpc) is 2.59. The first kappa shape index (κ1) is 17.2. The molecule has 0 fully saturated rings. The predicted molar refractivity (Wildman–Crippen MR) is 91.7 cm³/mol. The number of hydrogen-bond acceptors (Lipinski definition) is 4. The van der Waals surface area contributed by atoms with Crippen molar-refractivity contribution < 1.29 is 14.3 Å². The topological polar surface area (TPSA) is 105 Å². The van der Waals surface area contributed by atoms with Crippen LogP contribution < -0.4 is 15.8 Å². The van der Waals surface area contributed by atoms with Crippen LogP contribution in [-0.4, -0.2) is 30.7 Å². The van der Waals surface area contributed by atoms with Gasteiger partial charge in [0, 0.05) is 16.7 Å². The van der Waals surface area contributed by atoms with Crippen LogP contribution >= 0.6 is 0 Å². The van der Waals surface area contributed by atoms with Gasteiger partial charge in [-0.15, -0.1) is 0 Å². The van der Waals surface area contributed by atoms with Crippen molar-refractivity contribution in [3.8, 4) is 5.75 Å². The number of nitrogen functional groups attached to an aromatic ring is 1. The van der Waals surface area contributed by atoms with Gasteiger partial charge >= 0.3 is 0 Å². The van der Waals surface area contributed by atoms with Crippen LogP contribution in [0.3, 0.4) is 0 Å². The van der Waals surface area contributed by atoms with E-state index in [-0.39, 0.29) is 17.5 Å². The molecule has 2 aromatic rings. The van der Waals surface area contributed by atoms with Crippen molar-refractivity contribution in [1.29, 1.82) is 5.41 Å². The summed E-state index contributed by atoms with van der Waals surface area (Å²) in [5, 5.41) is 10.1. The largest absolute Gasteiger partial charge is 0.492 e. The minimum atomic E-state index is -0.230. The van der Waals surface area contributed by atoms with Crippen LogP contribution in [0.15, 0.2) is 48.5 Å². The van der Waals surface area contributed by atoms with Crippen LogP contribution in [0, 0.1) is 5.41 Å². The highest BCUT2D eigenvalue weighted by Crippen LogP contribution is 2.12. The zero-order chi connectivity index (χ0) is 17.5. The molecule has 0 spiro atoms. The van der Waals surface area contributed by atoms with Gasteiger partial charge in [0.15, 0.2) is 5.78 Å². The summed E-state index contributed by atoms with van der Waals surface area (Å²) in [5.74, 6) is 0.292. The summed E-state index contributed by atoms with van der Waals surface area (Å²) >= 11 is 0. The smallest absolute Gasteiger partial charge is 0.251 e. The molecule has 0 heterocycles. The van der Waals surface area contributed by atoms with Crippen molar-refractivity contribution in [3.05, 3.63) is 65.2 Å². The van der Waals surface area contributed by atoms with Gasteiger partial charge in [-0.1, -0.05) is 24.3 Å². The standard InChI is InChI=1S/C18H19N3O3/c1-12(22)13-5-7-14(8-6-13)18(23)21-9-10-24-16-4-2-3-15(11-16)17(19)20/h2-8,11H,9-10H2,1H3,(H3,19,20)(H,21,23). The molecule has 6 heteroatoms. The molecule has 0 bridgehead atoms. The maximum atomic E-state index is 12.0. The highest BCUT2D eigenvalue weighted by Gasteiger charge is 2.06. The van der Waals surface area contributed by atoms with Gasteiger partial charge in [0.2, 0.25) is 0 Å². The fourth-order valence-electron chi connectivity index (χ4n) is 2.05. The van der Waals surface area contributed by atoms with Crippen LogP contribution in [0.4, 0.5) is 0 Å². The quantitative estimate of drug-likeness (QED) is 0.313. The molecule has 24 heavy (non-hydrogen) atoms. The number of carbonyl (C=O) groups excluding carboxylic acids is 2. The van der Waals surface area contributed by atoms with E-state index in [4.69, 9.17) is 15.9 Å². The van der Waals surface area contributed by atoms with Crippen LogP contribution in [-0.2, 0) is 0 Å². The van der Waals surface area contributed by atoms with E-state index < -0.39 is 0 Å². The summed E-state index contributed by atoms with van der Waals surface area (Å²) < 4.78 is 5.52. The Morgan fingerprint density at radius 1 is 1.08 bits per heavy atom. The zero-order valence-electron chi connectivity index (χ0n) is 13.3. The molecule has 0 aromatic heterocycles. The molecule has 2 rings (SSSR count). The first-order valence-corrected chi connectivity index (χ1v) is 7.44. The highest BCUT2D eigenvalue weighted by atomic mass is 16.5. The number of benzene rings is 2. The molecule has 0 aliphatic heterocycles. The number of Topliss-reactive ketones (excluding diaryl/α,β-unsaturated/α-hetero) is 1. The van der Waals surface area contributed by atoms with Crippen molar-refractivity contribution in [2.45, 2.75) is 6.92 Å². The fourth-order valence-corrected chi connectivity index (χ4v) is 2.05. The number of ketones is 1. The van der Waals surface area contributed by atoms with Gasteiger partial charge in [-0.05, 0) is 31.2 Å². The maximum absolute atomic E-state index is 12.0. The normalized spacial score (nSPS) is 10.0. The lowest BCUT2D eigenvalue weighted by atomic mass is 10.1. The van der Waals surface area contributed by atoms with Crippen molar-refractivity contribution in [2.24, 2.45) is 5.73 Å². The summed E-state index contributed by atoms with van der Waals surface area (Å²) in [6.45, 7) is 2.10. The SMILES string of the molecule is CC(=O)c1ccc(C(=O)NCCOc2cccc(C(=N)N)c2)cc1. The fraction of sp³-hybridized carbons (Fsp3) is 0.167. The second-order valence-corrected chi connectivity index (χ2v) is 5.18. The van der Waals surface area contributed by atoms with Crippen molar-refractivity contribution in [2.75, 3.05) is 13.2 Å². The lowest BCUT2D eigenvalue weighted by molar-refractivity contribution is 0.0945. The van der Waals surface area contributed by atoms with Gasteiger partial charge in [-0.3, -0.25) is 15.0 Å². The van der Waals surface area contributed by atoms with Gasteiger partial charge in [0.05, 0.1) is 6.54 Å². The van der Waals surface area contributed by atoms with Gasteiger partial charge in [0.1, 0.15) is 18.2 Å². The molecule has 1 amide bonds. The molecule has 0 aliphatic rings. The average molecular weight is 325 g/mol. The Morgan fingerprint density at radius 2 is 1.75 bits per heavy atom. The maximum Gasteiger partial charge on any atom is 0.251 e. The Labute approximate surface area is 140 Å². The van der Waals surface area contributed by atoms with E-state index in [1.165, 1.54) is 6.92 Å². The lowest BCUT2D eigenvalue weighted by Crippen LogP contribution is -2.28. The molecule has 124 valence electrons. The highest BCUT2D eigenvalue weighted by molar-refractivity contribution is 5.97. The first-order chi connectivity index (χ1) is 11.5. The summed E-state index contributed by atoms with van der Waals surface area (Å²) in [5.41, 5.74) is 7.06. The van der Waals surface area contributed by atoms with E-state index in [0.717, 1.165) is 0 Å². The van der Waals surface area contributed by atoms with E-state index >= 15 is 0 Å². The van der Waals surface area contributed by atoms with Crippen molar-refractivity contribution in [1.82, 2.24) is 5.32 Å². The molecular weight excluding hydrogens is 306 g/mol. The number of ether oxygens (including phenoxy) is 1. The molecule has 4 N–H and O–H groups in total. The van der Waals surface area contributed by atoms with Gasteiger partial charge < -0.3 is 15.8 Å². The van der Waals surface area contributed by atoms with Gasteiger partial charge in [-0.2, -0.15) is 0 Å². The molecule has 0 saturated heterocycles. The van der Waals surface area contributed by atoms with E-state index in [1.807, 2.05) is 0 Å². The summed E-state index contributed by atoms with van der Waals surface area (Å²) in [4.78, 5) is 23.2. The Kier molecular flexibility index (Phi) is 5.68. The molecule has 0 radical (unpaired) electrons. The number of amidine groups is 1. The Balaban J connectivity index is 1.81. The zero-order valence-corrected chi connectivity index (χ0v) is 13.3. The minimum absolute atomic E-state index is 0.0252. The number of hydrogen-bond donors (Lipinski definition) is 3. The van der Waals surface area contributed by atoms with Crippen LogP contribution in [0.25, 0.3) is 0 Å². The Bertz CT molecular complexity index is 754. The van der Waals surface area contributed by atoms with Crippen molar-refractivity contribution >= 4 is 17.5 Å². The molecular formula is C18H19N3O3. The van der Waals surface area contributed by atoms with Gasteiger partial charge in [0.25, 0.3) is 5.91 Å². The lowest BCUT2D eigenvalue weighted by Gasteiger charge is -2.09. The van der Waals surface area contributed by atoms with Crippen LogP contribution in [0.1, 0.15) is 33.2 Å². The second kappa shape index (κ2) is 7.92. The number of nitrogens with two attached hydrogens (primary N) is 1. The Morgan fingerprint density at radius 3 is 2.38 bits per heavy atom. The van der Waals surface area contributed by atoms with E-state index in [2.05, 4.69) is 5.32 Å². The third-order valence-corrected chi connectivity index (χ3v) is 3.36. The summed E-state index contributed by atoms with van der Waals surface area (Å²) in [6.07, 6.45) is 0. The number of carbonyl (C=O) groups is 2. The third kappa shape index (κ3) is 4.67. The molecule has 0 atom stereocenters.